The number of hydrogen-bond donors (Lipinski definition) is 1. The minimum absolute atomic E-state index is 0.102. The van der Waals surface area contributed by atoms with E-state index in [1.807, 2.05) is 13.8 Å². The molecule has 0 unspecified atom stereocenters. The third-order valence-electron chi connectivity index (χ3n) is 4.30. The summed E-state index contributed by atoms with van der Waals surface area (Å²) in [6.07, 6.45) is 6.90. The molecule has 20 heavy (non-hydrogen) atoms. The average molecular weight is 291 g/mol. The van der Waals surface area contributed by atoms with Crippen LogP contribution in [0.25, 0.3) is 10.2 Å². The molecule has 0 radical (unpaired) electrons. The van der Waals surface area contributed by atoms with Crippen LogP contribution in [-0.2, 0) is 6.54 Å². The average Bonchev–Trinajstić information content (AvgIpc) is 3.02. The molecular weight excluding hydrogens is 270 g/mol. The molecule has 2 heterocycles. The molecule has 1 aliphatic rings. The molecule has 0 atom stereocenters. The quantitative estimate of drug-likeness (QED) is 0.942. The second-order valence-electron chi connectivity index (χ2n) is 5.64. The van der Waals surface area contributed by atoms with E-state index < -0.39 is 0 Å². The third-order valence-corrected chi connectivity index (χ3v) is 5.41. The van der Waals surface area contributed by atoms with Crippen molar-refractivity contribution < 1.29 is 0 Å². The molecule has 1 aliphatic carbocycles. The molecule has 2 aromatic heterocycles. The summed E-state index contributed by atoms with van der Waals surface area (Å²) in [4.78, 5) is 19.0. The minimum Gasteiger partial charge on any atom is -0.312 e. The van der Waals surface area contributed by atoms with Crippen LogP contribution in [0, 0.1) is 13.8 Å². The highest BCUT2D eigenvalue weighted by atomic mass is 32.1. The summed E-state index contributed by atoms with van der Waals surface area (Å²) >= 11 is 1.61. The van der Waals surface area contributed by atoms with Crippen molar-refractivity contribution in [3.05, 3.63) is 27.1 Å². The molecule has 4 nitrogen and oxygen atoms in total. The fourth-order valence-corrected chi connectivity index (χ4v) is 3.94. The number of hydrogen-bond acceptors (Lipinski definition) is 4. The van der Waals surface area contributed by atoms with Crippen LogP contribution >= 0.6 is 11.3 Å². The first-order valence-electron chi connectivity index (χ1n) is 7.35. The van der Waals surface area contributed by atoms with Crippen LogP contribution in [0.3, 0.4) is 0 Å². The van der Waals surface area contributed by atoms with Crippen molar-refractivity contribution in [1.29, 1.82) is 0 Å². The Bertz CT molecular complexity index is 668. The standard InChI is InChI=1S/C15H21N3OS/c1-10-11(2)20-14-13(10)15(19)18(9-17-14)8-7-16-12-5-3-4-6-12/h9,12,16H,3-8H2,1-2H3. The molecule has 3 rings (SSSR count). The van der Waals surface area contributed by atoms with Crippen molar-refractivity contribution in [2.75, 3.05) is 6.54 Å². The second-order valence-corrected chi connectivity index (χ2v) is 6.85. The van der Waals surface area contributed by atoms with Crippen LogP contribution in [-0.4, -0.2) is 22.1 Å². The van der Waals surface area contributed by atoms with E-state index in [4.69, 9.17) is 0 Å². The summed E-state index contributed by atoms with van der Waals surface area (Å²) in [7, 11) is 0. The van der Waals surface area contributed by atoms with Crippen LogP contribution in [0.2, 0.25) is 0 Å². The molecule has 0 amide bonds. The Labute approximate surface area is 122 Å². The first-order valence-corrected chi connectivity index (χ1v) is 8.17. The Hall–Kier alpha value is -1.20. The Morgan fingerprint density at radius 1 is 1.40 bits per heavy atom. The van der Waals surface area contributed by atoms with Gasteiger partial charge < -0.3 is 5.32 Å². The van der Waals surface area contributed by atoms with Crippen molar-refractivity contribution in [2.24, 2.45) is 0 Å². The van der Waals surface area contributed by atoms with Crippen molar-refractivity contribution >= 4 is 21.6 Å². The van der Waals surface area contributed by atoms with E-state index in [2.05, 4.69) is 10.3 Å². The van der Waals surface area contributed by atoms with Gasteiger partial charge in [0.1, 0.15) is 4.83 Å². The maximum absolute atomic E-state index is 12.5. The molecule has 0 aromatic carbocycles. The predicted octanol–water partition coefficient (Wildman–Crippen LogP) is 2.61. The van der Waals surface area contributed by atoms with Crippen molar-refractivity contribution in [1.82, 2.24) is 14.9 Å². The largest absolute Gasteiger partial charge is 0.312 e. The highest BCUT2D eigenvalue weighted by molar-refractivity contribution is 7.18. The number of fused-ring (bicyclic) bond motifs is 1. The van der Waals surface area contributed by atoms with Gasteiger partial charge >= 0.3 is 0 Å². The fraction of sp³-hybridized carbons (Fsp3) is 0.600. The monoisotopic (exact) mass is 291 g/mol. The molecule has 0 bridgehead atoms. The number of rotatable bonds is 4. The van der Waals surface area contributed by atoms with Crippen LogP contribution in [0.4, 0.5) is 0 Å². The molecule has 2 aromatic rings. The van der Waals surface area contributed by atoms with E-state index in [-0.39, 0.29) is 5.56 Å². The SMILES string of the molecule is Cc1sc2ncn(CCNC3CCCC3)c(=O)c2c1C. The number of aryl methyl sites for hydroxylation is 2. The fourth-order valence-electron chi connectivity index (χ4n) is 2.95. The first kappa shape index (κ1) is 13.8. The zero-order valence-corrected chi connectivity index (χ0v) is 12.9. The van der Waals surface area contributed by atoms with E-state index >= 15 is 0 Å². The van der Waals surface area contributed by atoms with Gasteiger partial charge in [0.05, 0.1) is 11.7 Å². The Kier molecular flexibility index (Phi) is 3.89. The summed E-state index contributed by atoms with van der Waals surface area (Å²) in [5, 5.41) is 4.34. The van der Waals surface area contributed by atoms with E-state index in [1.54, 1.807) is 22.2 Å². The van der Waals surface area contributed by atoms with E-state index in [1.165, 1.54) is 30.6 Å². The zero-order chi connectivity index (χ0) is 14.1. The Morgan fingerprint density at radius 3 is 2.90 bits per heavy atom. The number of aromatic nitrogens is 2. The van der Waals surface area contributed by atoms with Gasteiger partial charge in [-0.15, -0.1) is 11.3 Å². The third kappa shape index (κ3) is 2.52. The molecule has 1 fully saturated rings. The van der Waals surface area contributed by atoms with Crippen molar-refractivity contribution in [3.8, 4) is 0 Å². The number of thiophene rings is 1. The normalized spacial score (nSPS) is 16.3. The van der Waals surface area contributed by atoms with Crippen LogP contribution in [0.15, 0.2) is 11.1 Å². The lowest BCUT2D eigenvalue weighted by Gasteiger charge is -2.12. The lowest BCUT2D eigenvalue weighted by Crippen LogP contribution is -2.32. The topological polar surface area (TPSA) is 46.9 Å². The van der Waals surface area contributed by atoms with Gasteiger partial charge in [-0.2, -0.15) is 0 Å². The highest BCUT2D eigenvalue weighted by Gasteiger charge is 2.14. The van der Waals surface area contributed by atoms with Gasteiger partial charge in [-0.1, -0.05) is 12.8 Å². The lowest BCUT2D eigenvalue weighted by molar-refractivity contribution is 0.491. The van der Waals surface area contributed by atoms with Crippen molar-refractivity contribution in [2.45, 2.75) is 52.1 Å². The van der Waals surface area contributed by atoms with Gasteiger partial charge in [0, 0.05) is 24.0 Å². The van der Waals surface area contributed by atoms with Crippen LogP contribution in [0.5, 0.6) is 0 Å². The lowest BCUT2D eigenvalue weighted by atomic mass is 10.2. The first-order chi connectivity index (χ1) is 9.66. The highest BCUT2D eigenvalue weighted by Crippen LogP contribution is 2.25. The van der Waals surface area contributed by atoms with Crippen LogP contribution < -0.4 is 10.9 Å². The minimum atomic E-state index is 0.102. The van der Waals surface area contributed by atoms with Crippen LogP contribution in [0.1, 0.15) is 36.1 Å². The second kappa shape index (κ2) is 5.66. The van der Waals surface area contributed by atoms with E-state index in [0.29, 0.717) is 12.6 Å². The molecule has 1 saturated carbocycles. The molecule has 1 N–H and O–H groups in total. The molecule has 0 spiro atoms. The van der Waals surface area contributed by atoms with E-state index in [9.17, 15) is 4.79 Å². The Balaban J connectivity index is 1.76. The van der Waals surface area contributed by atoms with Gasteiger partial charge in [-0.3, -0.25) is 9.36 Å². The molecule has 108 valence electrons. The van der Waals surface area contributed by atoms with Gasteiger partial charge in [0.25, 0.3) is 5.56 Å². The maximum Gasteiger partial charge on any atom is 0.262 e. The predicted molar refractivity (Wildman–Crippen MR) is 83.6 cm³/mol. The molecule has 0 aliphatic heterocycles. The van der Waals surface area contributed by atoms with Gasteiger partial charge in [0.2, 0.25) is 0 Å². The Morgan fingerprint density at radius 2 is 2.15 bits per heavy atom. The molecular formula is C15H21N3OS. The van der Waals surface area contributed by atoms with Gasteiger partial charge in [-0.25, -0.2) is 4.98 Å². The smallest absolute Gasteiger partial charge is 0.262 e. The summed E-state index contributed by atoms with van der Waals surface area (Å²) in [5.74, 6) is 0. The van der Waals surface area contributed by atoms with Gasteiger partial charge in [-0.05, 0) is 32.3 Å². The van der Waals surface area contributed by atoms with E-state index in [0.717, 1.165) is 22.3 Å². The molecule has 5 heteroatoms. The number of nitrogens with zero attached hydrogens (tertiary/aromatic N) is 2. The maximum atomic E-state index is 12.5. The summed E-state index contributed by atoms with van der Waals surface area (Å²) in [6, 6.07) is 0.646. The zero-order valence-electron chi connectivity index (χ0n) is 12.1. The van der Waals surface area contributed by atoms with Gasteiger partial charge in [0.15, 0.2) is 0 Å². The number of nitrogens with one attached hydrogen (secondary N) is 1. The summed E-state index contributed by atoms with van der Waals surface area (Å²) in [6.45, 7) is 5.61. The summed E-state index contributed by atoms with van der Waals surface area (Å²) < 4.78 is 1.74. The summed E-state index contributed by atoms with van der Waals surface area (Å²) in [5.41, 5.74) is 1.19. The van der Waals surface area contributed by atoms with Crippen molar-refractivity contribution in [3.63, 3.8) is 0 Å². The molecule has 0 saturated heterocycles.